The molecule has 3 aromatic rings. The first-order chi connectivity index (χ1) is 16.6. The molecule has 0 aliphatic carbocycles. The van der Waals surface area contributed by atoms with E-state index in [1.165, 1.54) is 11.3 Å². The van der Waals surface area contributed by atoms with E-state index in [4.69, 9.17) is 24.9 Å². The maximum absolute atomic E-state index is 6.31. The van der Waals surface area contributed by atoms with Gasteiger partial charge in [0, 0.05) is 56.2 Å². The molecule has 0 atom stereocenters. The molecule has 0 unspecified atom stereocenters. The van der Waals surface area contributed by atoms with Crippen LogP contribution in [0.15, 0.2) is 48.7 Å². The van der Waals surface area contributed by atoms with Crippen molar-refractivity contribution in [2.75, 3.05) is 49.4 Å². The summed E-state index contributed by atoms with van der Waals surface area (Å²) in [5, 5.41) is 3.34. The molecule has 0 saturated carbocycles. The molecule has 34 heavy (non-hydrogen) atoms. The lowest BCUT2D eigenvalue weighted by Crippen LogP contribution is -2.52. The predicted octanol–water partition coefficient (Wildman–Crippen LogP) is 4.17. The first kappa shape index (κ1) is 22.4. The zero-order valence-corrected chi connectivity index (χ0v) is 19.7. The Morgan fingerprint density at radius 1 is 1.06 bits per heavy atom. The van der Waals surface area contributed by atoms with Crippen molar-refractivity contribution >= 4 is 23.0 Å². The number of ether oxygens (including phenoxy) is 3. The third-order valence-electron chi connectivity index (χ3n) is 6.41. The van der Waals surface area contributed by atoms with Crippen molar-refractivity contribution in [1.29, 1.82) is 0 Å². The van der Waals surface area contributed by atoms with Crippen LogP contribution in [-0.2, 0) is 9.47 Å². The largest absolute Gasteiger partial charge is 0.488 e. The van der Waals surface area contributed by atoms with Crippen LogP contribution in [0.25, 0.3) is 11.3 Å². The minimum absolute atomic E-state index is 0.146. The molecule has 3 N–H and O–H groups in total. The smallest absolute Gasteiger partial charge is 0.227 e. The van der Waals surface area contributed by atoms with Crippen LogP contribution in [0.4, 0.5) is 23.0 Å². The molecule has 178 valence electrons. The number of anilines is 4. The number of aromatic nitrogens is 2. The minimum atomic E-state index is 0.146. The molecule has 2 aliphatic rings. The molecule has 0 amide bonds. The molecule has 2 aliphatic heterocycles. The van der Waals surface area contributed by atoms with Crippen LogP contribution in [0.2, 0.25) is 0 Å². The van der Waals surface area contributed by atoms with Crippen molar-refractivity contribution in [3.8, 4) is 17.0 Å². The Labute approximate surface area is 200 Å². The summed E-state index contributed by atoms with van der Waals surface area (Å²) in [6.07, 6.45) is 3.96. The fraction of sp³-hybridized carbons (Fsp3) is 0.385. The van der Waals surface area contributed by atoms with Gasteiger partial charge in [-0.1, -0.05) is 6.07 Å². The zero-order valence-electron chi connectivity index (χ0n) is 19.7. The van der Waals surface area contributed by atoms with E-state index in [9.17, 15) is 0 Å². The Balaban J connectivity index is 1.30. The Morgan fingerprint density at radius 2 is 1.88 bits per heavy atom. The van der Waals surface area contributed by atoms with E-state index in [1.807, 2.05) is 30.3 Å². The maximum atomic E-state index is 6.31. The Bertz CT molecular complexity index is 1140. The standard InChI is InChI=1S/C26H31N5O3/c1-17-3-5-19(14-24(17)31-15-21(16-31)32-2)29-26-28-10-7-23(30-26)18-4-6-25(22(27)13-18)34-20-8-11-33-12-9-20/h3-7,10,13-14,20-21H,8-9,11-12,15-16,27H2,1-2H3,(H,28,29,30). The van der Waals surface area contributed by atoms with Crippen LogP contribution in [0.5, 0.6) is 5.75 Å². The zero-order chi connectivity index (χ0) is 23.5. The van der Waals surface area contributed by atoms with Crippen molar-refractivity contribution in [2.45, 2.75) is 32.0 Å². The molecule has 5 rings (SSSR count). The topological polar surface area (TPSA) is 94.8 Å². The van der Waals surface area contributed by atoms with E-state index in [0.717, 1.165) is 56.1 Å². The van der Waals surface area contributed by atoms with E-state index in [2.05, 4.69) is 34.3 Å². The molecular weight excluding hydrogens is 430 g/mol. The summed E-state index contributed by atoms with van der Waals surface area (Å²) >= 11 is 0. The minimum Gasteiger partial charge on any atom is -0.488 e. The molecule has 0 radical (unpaired) electrons. The van der Waals surface area contributed by atoms with Gasteiger partial charge in [0.2, 0.25) is 5.95 Å². The molecule has 2 saturated heterocycles. The first-order valence-electron chi connectivity index (χ1n) is 11.7. The lowest BCUT2D eigenvalue weighted by atomic mass is 10.1. The second kappa shape index (κ2) is 9.87. The summed E-state index contributed by atoms with van der Waals surface area (Å²) in [5.74, 6) is 1.24. The molecule has 2 fully saturated rings. The molecule has 3 heterocycles. The van der Waals surface area contributed by atoms with Crippen molar-refractivity contribution in [2.24, 2.45) is 0 Å². The lowest BCUT2D eigenvalue weighted by Gasteiger charge is -2.40. The van der Waals surface area contributed by atoms with Gasteiger partial charge >= 0.3 is 0 Å². The summed E-state index contributed by atoms with van der Waals surface area (Å²) in [4.78, 5) is 11.4. The average molecular weight is 462 g/mol. The molecule has 0 spiro atoms. The maximum Gasteiger partial charge on any atom is 0.227 e. The normalized spacial score (nSPS) is 16.8. The fourth-order valence-corrected chi connectivity index (χ4v) is 4.31. The van der Waals surface area contributed by atoms with Crippen molar-refractivity contribution in [3.63, 3.8) is 0 Å². The van der Waals surface area contributed by atoms with E-state index in [1.54, 1.807) is 13.3 Å². The van der Waals surface area contributed by atoms with E-state index < -0.39 is 0 Å². The highest BCUT2D eigenvalue weighted by Gasteiger charge is 2.27. The van der Waals surface area contributed by atoms with Gasteiger partial charge < -0.3 is 30.2 Å². The number of rotatable bonds is 7. The summed E-state index contributed by atoms with van der Waals surface area (Å²) in [6.45, 7) is 5.39. The van der Waals surface area contributed by atoms with Crippen molar-refractivity contribution in [1.82, 2.24) is 9.97 Å². The van der Waals surface area contributed by atoms with E-state index in [0.29, 0.717) is 23.5 Å². The number of nitrogens with zero attached hydrogens (tertiary/aromatic N) is 3. The van der Waals surface area contributed by atoms with Crippen LogP contribution < -0.4 is 20.7 Å². The van der Waals surface area contributed by atoms with Crippen LogP contribution >= 0.6 is 0 Å². The van der Waals surface area contributed by atoms with Crippen LogP contribution in [0.1, 0.15) is 18.4 Å². The Morgan fingerprint density at radius 3 is 2.65 bits per heavy atom. The summed E-state index contributed by atoms with van der Waals surface area (Å²) < 4.78 is 16.9. The van der Waals surface area contributed by atoms with Crippen molar-refractivity contribution < 1.29 is 14.2 Å². The molecular formula is C26H31N5O3. The molecule has 1 aromatic heterocycles. The van der Waals surface area contributed by atoms with Gasteiger partial charge in [-0.3, -0.25) is 0 Å². The van der Waals surface area contributed by atoms with Gasteiger partial charge in [-0.25, -0.2) is 9.97 Å². The highest BCUT2D eigenvalue weighted by molar-refractivity contribution is 5.70. The lowest BCUT2D eigenvalue weighted by molar-refractivity contribution is 0.0259. The SMILES string of the molecule is COC1CN(c2cc(Nc3nccc(-c4ccc(OC5CCOCC5)c(N)c4)n3)ccc2C)C1. The fourth-order valence-electron chi connectivity index (χ4n) is 4.31. The van der Waals surface area contributed by atoms with Gasteiger partial charge in [0.15, 0.2) is 0 Å². The second-order valence-electron chi connectivity index (χ2n) is 8.84. The quantitative estimate of drug-likeness (QED) is 0.506. The third-order valence-corrected chi connectivity index (χ3v) is 6.41. The van der Waals surface area contributed by atoms with Crippen LogP contribution in [-0.4, -0.2) is 55.6 Å². The number of nitrogens with one attached hydrogen (secondary N) is 1. The highest BCUT2D eigenvalue weighted by Crippen LogP contribution is 2.32. The average Bonchev–Trinajstić information content (AvgIpc) is 2.82. The van der Waals surface area contributed by atoms with Crippen LogP contribution in [0, 0.1) is 6.92 Å². The summed E-state index contributed by atoms with van der Waals surface area (Å²) in [6, 6.07) is 14.0. The summed E-state index contributed by atoms with van der Waals surface area (Å²) in [7, 11) is 1.76. The van der Waals surface area contributed by atoms with E-state index >= 15 is 0 Å². The number of aryl methyl sites for hydroxylation is 1. The summed E-state index contributed by atoms with van der Waals surface area (Å²) in [5.41, 5.74) is 12.0. The molecule has 8 nitrogen and oxygen atoms in total. The first-order valence-corrected chi connectivity index (χ1v) is 11.7. The van der Waals surface area contributed by atoms with Gasteiger partial charge in [-0.2, -0.15) is 0 Å². The van der Waals surface area contributed by atoms with Crippen LogP contribution in [0.3, 0.4) is 0 Å². The monoisotopic (exact) mass is 461 g/mol. The second-order valence-corrected chi connectivity index (χ2v) is 8.84. The predicted molar refractivity (Wildman–Crippen MR) is 134 cm³/mol. The molecule has 0 bridgehead atoms. The number of hydrogen-bond donors (Lipinski definition) is 2. The number of nitrogen functional groups attached to an aromatic ring is 1. The molecule has 8 heteroatoms. The molecule has 2 aromatic carbocycles. The highest BCUT2D eigenvalue weighted by atomic mass is 16.5. The van der Waals surface area contributed by atoms with Gasteiger partial charge in [0.05, 0.1) is 30.7 Å². The van der Waals surface area contributed by atoms with E-state index in [-0.39, 0.29) is 6.10 Å². The number of hydrogen-bond acceptors (Lipinski definition) is 8. The number of nitrogens with two attached hydrogens (primary N) is 1. The van der Waals surface area contributed by atoms with Crippen molar-refractivity contribution in [3.05, 3.63) is 54.2 Å². The van der Waals surface area contributed by atoms with Gasteiger partial charge in [0.1, 0.15) is 11.9 Å². The Hall–Kier alpha value is -3.36. The van der Waals surface area contributed by atoms with Gasteiger partial charge in [0.25, 0.3) is 0 Å². The number of benzene rings is 2. The van der Waals surface area contributed by atoms with Gasteiger partial charge in [-0.15, -0.1) is 0 Å². The number of methoxy groups -OCH3 is 1. The third kappa shape index (κ3) is 4.93. The van der Waals surface area contributed by atoms with Gasteiger partial charge in [-0.05, 0) is 48.9 Å². The Kier molecular flexibility index (Phi) is 6.51.